The van der Waals surface area contributed by atoms with Crippen molar-refractivity contribution in [1.82, 2.24) is 0 Å². The van der Waals surface area contributed by atoms with Crippen LogP contribution in [0.25, 0.3) is 0 Å². The predicted molar refractivity (Wildman–Crippen MR) is 86.2 cm³/mol. The average molecular weight is 316 g/mol. The largest absolute Gasteiger partial charge is 0.500 e. The molecule has 0 bridgehead atoms. The van der Waals surface area contributed by atoms with Gasteiger partial charge >= 0.3 is 7.60 Å². The predicted octanol–water partition coefficient (Wildman–Crippen LogP) is 5.12. The first kappa shape index (κ1) is 18.5. The molecule has 0 spiro atoms. The molecule has 1 aliphatic rings. The molecule has 4 nitrogen and oxygen atoms in total. The second kappa shape index (κ2) is 8.77. The molecule has 122 valence electrons. The normalized spacial score (nSPS) is 19.9. The Morgan fingerprint density at radius 1 is 1.43 bits per heavy atom. The Morgan fingerprint density at radius 2 is 2.05 bits per heavy atom. The van der Waals surface area contributed by atoms with Crippen LogP contribution in [0.2, 0.25) is 0 Å². The van der Waals surface area contributed by atoms with Gasteiger partial charge in [0.2, 0.25) is 0 Å². The highest BCUT2D eigenvalue weighted by Crippen LogP contribution is 2.61. The topological polar surface area (TPSA) is 44.8 Å². The van der Waals surface area contributed by atoms with Crippen LogP contribution in [0.3, 0.4) is 0 Å². The standard InChI is InChI=1S/C16H29O4P/c1-6-19-21(17,20-7-2)16-12-18-11-15(16)14(5)10-8-9-13(3)4/h9,12,14-15H,6-8,10-11H2,1-5H3. The van der Waals surface area contributed by atoms with E-state index in [0.717, 1.165) is 12.8 Å². The van der Waals surface area contributed by atoms with Gasteiger partial charge in [-0.2, -0.15) is 0 Å². The average Bonchev–Trinajstić information content (AvgIpc) is 2.88. The Hall–Kier alpha value is -0.570. The van der Waals surface area contributed by atoms with Gasteiger partial charge in [0.1, 0.15) is 0 Å². The van der Waals surface area contributed by atoms with Crippen LogP contribution in [-0.4, -0.2) is 19.8 Å². The number of ether oxygens (including phenoxy) is 1. The molecule has 0 N–H and O–H groups in total. The van der Waals surface area contributed by atoms with Gasteiger partial charge in [-0.3, -0.25) is 4.57 Å². The Bertz CT molecular complexity index is 414. The minimum atomic E-state index is -3.21. The summed E-state index contributed by atoms with van der Waals surface area (Å²) in [7, 11) is -3.21. The second-order valence-corrected chi connectivity index (χ2v) is 7.68. The van der Waals surface area contributed by atoms with Crippen LogP contribution < -0.4 is 0 Å². The summed E-state index contributed by atoms with van der Waals surface area (Å²) < 4.78 is 29.3. The quantitative estimate of drug-likeness (QED) is 0.437. The fourth-order valence-electron chi connectivity index (χ4n) is 2.50. The van der Waals surface area contributed by atoms with Crippen molar-refractivity contribution in [1.29, 1.82) is 0 Å². The maximum atomic E-state index is 12.9. The smallest absolute Gasteiger partial charge is 0.360 e. The molecule has 1 heterocycles. The van der Waals surface area contributed by atoms with Crippen LogP contribution in [0.15, 0.2) is 23.2 Å². The van der Waals surface area contributed by atoms with Crippen molar-refractivity contribution < 1.29 is 18.3 Å². The first-order valence-electron chi connectivity index (χ1n) is 7.79. The van der Waals surface area contributed by atoms with Crippen molar-refractivity contribution in [3.63, 3.8) is 0 Å². The molecule has 0 aliphatic carbocycles. The third kappa shape index (κ3) is 5.28. The molecule has 21 heavy (non-hydrogen) atoms. The summed E-state index contributed by atoms with van der Waals surface area (Å²) in [5.41, 5.74) is 1.33. The van der Waals surface area contributed by atoms with Crippen molar-refractivity contribution in [2.24, 2.45) is 11.8 Å². The molecular formula is C16H29O4P. The van der Waals surface area contributed by atoms with Crippen molar-refractivity contribution in [2.45, 2.75) is 47.5 Å². The summed E-state index contributed by atoms with van der Waals surface area (Å²) in [5, 5.41) is 0.705. The Kier molecular flexibility index (Phi) is 7.72. The molecule has 0 aromatic heterocycles. The van der Waals surface area contributed by atoms with E-state index in [-0.39, 0.29) is 5.92 Å². The molecule has 0 radical (unpaired) electrons. The lowest BCUT2D eigenvalue weighted by molar-refractivity contribution is 0.206. The summed E-state index contributed by atoms with van der Waals surface area (Å²) in [5.74, 6) is 0.489. The molecule has 0 fully saturated rings. The molecule has 0 saturated carbocycles. The van der Waals surface area contributed by atoms with Gasteiger partial charge in [-0.1, -0.05) is 18.6 Å². The zero-order chi connectivity index (χ0) is 15.9. The Morgan fingerprint density at radius 3 is 2.57 bits per heavy atom. The third-order valence-electron chi connectivity index (χ3n) is 3.64. The number of hydrogen-bond donors (Lipinski definition) is 0. The molecule has 1 rings (SSSR count). The third-order valence-corrected chi connectivity index (χ3v) is 5.90. The first-order chi connectivity index (χ1) is 9.94. The lowest BCUT2D eigenvalue weighted by Crippen LogP contribution is -2.16. The minimum Gasteiger partial charge on any atom is -0.500 e. The summed E-state index contributed by atoms with van der Waals surface area (Å²) in [6.07, 6.45) is 5.89. The van der Waals surface area contributed by atoms with Gasteiger partial charge in [0.05, 0.1) is 31.4 Å². The molecule has 0 saturated heterocycles. The van der Waals surface area contributed by atoms with E-state index in [1.165, 1.54) is 5.57 Å². The molecule has 0 amide bonds. The van der Waals surface area contributed by atoms with E-state index in [2.05, 4.69) is 26.8 Å². The molecule has 2 unspecified atom stereocenters. The maximum Gasteiger partial charge on any atom is 0.360 e. The summed E-state index contributed by atoms with van der Waals surface area (Å²) in [6, 6.07) is 0. The van der Waals surface area contributed by atoms with Crippen LogP contribution >= 0.6 is 7.60 Å². The molecule has 0 aromatic carbocycles. The first-order valence-corrected chi connectivity index (χ1v) is 9.33. The summed E-state index contributed by atoms with van der Waals surface area (Å²) >= 11 is 0. The van der Waals surface area contributed by atoms with E-state index in [4.69, 9.17) is 13.8 Å². The van der Waals surface area contributed by atoms with Crippen LogP contribution in [0.4, 0.5) is 0 Å². The minimum absolute atomic E-state index is 0.111. The fourth-order valence-corrected chi connectivity index (χ4v) is 4.49. The SMILES string of the molecule is CCOP(=O)(OCC)C1=COCC1C(C)CCC=C(C)C. The van der Waals surface area contributed by atoms with E-state index < -0.39 is 7.60 Å². The maximum absolute atomic E-state index is 12.9. The van der Waals surface area contributed by atoms with Crippen molar-refractivity contribution in [3.8, 4) is 0 Å². The van der Waals surface area contributed by atoms with Gasteiger partial charge in [-0.15, -0.1) is 0 Å². The van der Waals surface area contributed by atoms with Gasteiger partial charge in [-0.05, 0) is 46.5 Å². The van der Waals surface area contributed by atoms with Gasteiger partial charge in [0, 0.05) is 5.92 Å². The number of allylic oxidation sites excluding steroid dienone is 2. The zero-order valence-electron chi connectivity index (χ0n) is 13.9. The fraction of sp³-hybridized carbons (Fsp3) is 0.750. The molecule has 0 aromatic rings. The summed E-state index contributed by atoms with van der Waals surface area (Å²) in [6.45, 7) is 11.3. The van der Waals surface area contributed by atoms with Crippen molar-refractivity contribution >= 4 is 7.60 Å². The number of rotatable bonds is 9. The van der Waals surface area contributed by atoms with Crippen LogP contribution in [0.5, 0.6) is 0 Å². The highest BCUT2D eigenvalue weighted by molar-refractivity contribution is 7.58. The van der Waals surface area contributed by atoms with Gasteiger partial charge < -0.3 is 13.8 Å². The molecule has 2 atom stereocenters. The highest BCUT2D eigenvalue weighted by Gasteiger charge is 2.40. The van der Waals surface area contributed by atoms with E-state index in [1.807, 2.05) is 13.8 Å². The lowest BCUT2D eigenvalue weighted by atomic mass is 9.91. The van der Waals surface area contributed by atoms with Crippen molar-refractivity contribution in [2.75, 3.05) is 19.8 Å². The zero-order valence-corrected chi connectivity index (χ0v) is 14.8. The molecule has 1 aliphatic heterocycles. The second-order valence-electron chi connectivity index (χ2n) is 5.65. The van der Waals surface area contributed by atoms with E-state index in [9.17, 15) is 4.57 Å². The Labute approximate surface area is 129 Å². The van der Waals surface area contributed by atoms with E-state index in [1.54, 1.807) is 6.26 Å². The molecular weight excluding hydrogens is 287 g/mol. The molecule has 5 heteroatoms. The number of hydrogen-bond acceptors (Lipinski definition) is 4. The van der Waals surface area contributed by atoms with Crippen molar-refractivity contribution in [3.05, 3.63) is 23.2 Å². The highest BCUT2D eigenvalue weighted by atomic mass is 31.2. The lowest BCUT2D eigenvalue weighted by Gasteiger charge is -2.25. The monoisotopic (exact) mass is 316 g/mol. The van der Waals surface area contributed by atoms with Gasteiger partial charge in [0.25, 0.3) is 0 Å². The summed E-state index contributed by atoms with van der Waals surface area (Å²) in [4.78, 5) is 0. The van der Waals surface area contributed by atoms with Crippen LogP contribution in [0.1, 0.15) is 47.5 Å². The van der Waals surface area contributed by atoms with Crippen LogP contribution in [0, 0.1) is 11.8 Å². The van der Waals surface area contributed by atoms with E-state index in [0.29, 0.717) is 31.1 Å². The van der Waals surface area contributed by atoms with E-state index >= 15 is 0 Å². The van der Waals surface area contributed by atoms with Crippen LogP contribution in [-0.2, 0) is 18.3 Å². The van der Waals surface area contributed by atoms with Gasteiger partial charge in [0.15, 0.2) is 0 Å². The Balaban J connectivity index is 2.77. The van der Waals surface area contributed by atoms with Gasteiger partial charge in [-0.25, -0.2) is 0 Å².